The number of amides is 2. The fourth-order valence-corrected chi connectivity index (χ4v) is 3.66. The van der Waals surface area contributed by atoms with Gasteiger partial charge in [0.25, 0.3) is 5.91 Å². The van der Waals surface area contributed by atoms with Crippen molar-refractivity contribution in [2.24, 2.45) is 0 Å². The zero-order chi connectivity index (χ0) is 23.1. The summed E-state index contributed by atoms with van der Waals surface area (Å²) >= 11 is 1.50. The SMILES string of the molecule is C#Cc1ccc(C(=O)NC(CSCC(OCC)OCC)C(=O)NCCCN(C)C)cc1. The largest absolute Gasteiger partial charge is 0.354 e. The molecule has 2 N–H and O–H groups in total. The van der Waals surface area contributed by atoms with Crippen molar-refractivity contribution in [3.8, 4) is 12.3 Å². The van der Waals surface area contributed by atoms with Gasteiger partial charge in [-0.25, -0.2) is 0 Å². The standard InChI is InChI=1S/C23H35N3O4S/c1-6-18-10-12-19(13-11-18)22(27)25-20(23(28)24-14-9-15-26(4)5)16-31-17-21(29-7-2)30-8-3/h1,10-13,20-21H,7-9,14-17H2,2-5H3,(H,24,28)(H,25,27). The highest BCUT2D eigenvalue weighted by molar-refractivity contribution is 7.99. The van der Waals surface area contributed by atoms with Gasteiger partial charge in [0, 0.05) is 42.4 Å². The van der Waals surface area contributed by atoms with Crippen LogP contribution in [0.2, 0.25) is 0 Å². The Hall–Kier alpha value is -2.05. The second-order valence-corrected chi connectivity index (χ2v) is 8.15. The molecule has 0 saturated heterocycles. The van der Waals surface area contributed by atoms with Gasteiger partial charge in [0.1, 0.15) is 6.04 Å². The number of rotatable bonds is 15. The number of benzene rings is 1. The van der Waals surface area contributed by atoms with Crippen LogP contribution in [0.1, 0.15) is 36.2 Å². The Bertz CT molecular complexity index is 698. The maximum absolute atomic E-state index is 12.7. The van der Waals surface area contributed by atoms with Crippen LogP contribution in [0.4, 0.5) is 0 Å². The predicted molar refractivity (Wildman–Crippen MR) is 126 cm³/mol. The third-order valence-corrected chi connectivity index (χ3v) is 5.34. The summed E-state index contributed by atoms with van der Waals surface area (Å²) in [6, 6.07) is 6.05. The number of thioether (sulfide) groups is 1. The highest BCUT2D eigenvalue weighted by Crippen LogP contribution is 2.11. The van der Waals surface area contributed by atoms with E-state index >= 15 is 0 Å². The Labute approximate surface area is 190 Å². The van der Waals surface area contributed by atoms with Crippen LogP contribution in [0.3, 0.4) is 0 Å². The molecule has 1 unspecified atom stereocenters. The minimum atomic E-state index is -0.673. The molecule has 1 atom stereocenters. The van der Waals surface area contributed by atoms with Gasteiger partial charge in [-0.2, -0.15) is 11.8 Å². The molecule has 0 fully saturated rings. The summed E-state index contributed by atoms with van der Waals surface area (Å²) in [5.74, 6) is 2.98. The lowest BCUT2D eigenvalue weighted by molar-refractivity contribution is -0.122. The van der Waals surface area contributed by atoms with Gasteiger partial charge in [0.05, 0.1) is 0 Å². The lowest BCUT2D eigenvalue weighted by atomic mass is 10.1. The van der Waals surface area contributed by atoms with Crippen molar-refractivity contribution in [3.63, 3.8) is 0 Å². The van der Waals surface area contributed by atoms with Crippen molar-refractivity contribution in [1.82, 2.24) is 15.5 Å². The maximum atomic E-state index is 12.7. The number of hydrogen-bond donors (Lipinski definition) is 2. The lowest BCUT2D eigenvalue weighted by Gasteiger charge is -2.21. The van der Waals surface area contributed by atoms with Crippen LogP contribution >= 0.6 is 11.8 Å². The number of ether oxygens (including phenoxy) is 2. The van der Waals surface area contributed by atoms with Gasteiger partial charge in [-0.05, 0) is 65.2 Å². The molecule has 2 amide bonds. The maximum Gasteiger partial charge on any atom is 0.251 e. The molecule has 0 spiro atoms. The van der Waals surface area contributed by atoms with E-state index in [0.29, 0.717) is 42.4 Å². The topological polar surface area (TPSA) is 79.9 Å². The van der Waals surface area contributed by atoms with E-state index in [0.717, 1.165) is 13.0 Å². The summed E-state index contributed by atoms with van der Waals surface area (Å²) in [7, 11) is 3.97. The Balaban J connectivity index is 2.72. The second-order valence-electron chi connectivity index (χ2n) is 7.07. The number of nitrogens with zero attached hydrogens (tertiary/aromatic N) is 1. The molecule has 0 bridgehead atoms. The molecule has 0 saturated carbocycles. The fraction of sp³-hybridized carbons (Fsp3) is 0.565. The normalized spacial score (nSPS) is 11.9. The van der Waals surface area contributed by atoms with Crippen LogP contribution < -0.4 is 10.6 Å². The minimum Gasteiger partial charge on any atom is -0.354 e. The van der Waals surface area contributed by atoms with E-state index in [1.54, 1.807) is 24.3 Å². The summed E-state index contributed by atoms with van der Waals surface area (Å²) in [6.45, 7) is 6.33. The molecule has 1 aromatic rings. The molecule has 0 radical (unpaired) electrons. The first kappa shape index (κ1) is 27.0. The monoisotopic (exact) mass is 449 g/mol. The average molecular weight is 450 g/mol. The van der Waals surface area contributed by atoms with Crippen LogP contribution in [0, 0.1) is 12.3 Å². The van der Waals surface area contributed by atoms with Gasteiger partial charge in [-0.1, -0.05) is 5.92 Å². The molecule has 7 nitrogen and oxygen atoms in total. The van der Waals surface area contributed by atoms with Crippen molar-refractivity contribution in [2.75, 3.05) is 51.9 Å². The third kappa shape index (κ3) is 11.2. The lowest BCUT2D eigenvalue weighted by Crippen LogP contribution is -2.48. The quantitative estimate of drug-likeness (QED) is 0.242. The van der Waals surface area contributed by atoms with Crippen molar-refractivity contribution in [2.45, 2.75) is 32.6 Å². The summed E-state index contributed by atoms with van der Waals surface area (Å²) in [4.78, 5) is 27.5. The van der Waals surface area contributed by atoms with E-state index in [4.69, 9.17) is 15.9 Å². The number of hydrogen-bond acceptors (Lipinski definition) is 6. The summed E-state index contributed by atoms with van der Waals surface area (Å²) in [6.07, 6.45) is 5.86. The summed E-state index contributed by atoms with van der Waals surface area (Å²) in [5, 5.41) is 5.76. The number of carbonyl (C=O) groups is 2. The Morgan fingerprint density at radius 1 is 1.13 bits per heavy atom. The predicted octanol–water partition coefficient (Wildman–Crippen LogP) is 1.97. The van der Waals surface area contributed by atoms with E-state index in [1.165, 1.54) is 11.8 Å². The number of terminal acetylenes is 1. The molecule has 31 heavy (non-hydrogen) atoms. The average Bonchev–Trinajstić information content (AvgIpc) is 2.76. The fourth-order valence-electron chi connectivity index (χ4n) is 2.67. The van der Waals surface area contributed by atoms with Crippen LogP contribution in [-0.2, 0) is 14.3 Å². The molecule has 0 aliphatic heterocycles. The highest BCUT2D eigenvalue weighted by atomic mass is 32.2. The minimum absolute atomic E-state index is 0.204. The van der Waals surface area contributed by atoms with Gasteiger partial charge in [0.2, 0.25) is 5.91 Å². The van der Waals surface area contributed by atoms with Crippen molar-refractivity contribution < 1.29 is 19.1 Å². The molecule has 1 rings (SSSR count). The summed E-state index contributed by atoms with van der Waals surface area (Å²) in [5.41, 5.74) is 1.15. The van der Waals surface area contributed by atoms with Crippen LogP contribution in [-0.4, -0.2) is 81.0 Å². The highest BCUT2D eigenvalue weighted by Gasteiger charge is 2.22. The van der Waals surface area contributed by atoms with Gasteiger partial charge >= 0.3 is 0 Å². The van der Waals surface area contributed by atoms with Gasteiger partial charge in [-0.15, -0.1) is 6.42 Å². The van der Waals surface area contributed by atoms with E-state index < -0.39 is 6.04 Å². The molecular formula is C23H35N3O4S. The second kappa shape index (κ2) is 15.7. The smallest absolute Gasteiger partial charge is 0.251 e. The number of nitrogens with one attached hydrogen (secondary N) is 2. The summed E-state index contributed by atoms with van der Waals surface area (Å²) < 4.78 is 11.1. The van der Waals surface area contributed by atoms with E-state index in [-0.39, 0.29) is 18.1 Å². The van der Waals surface area contributed by atoms with Crippen LogP contribution in [0.5, 0.6) is 0 Å². The molecule has 0 aliphatic rings. The molecular weight excluding hydrogens is 414 g/mol. The Morgan fingerprint density at radius 2 is 1.77 bits per heavy atom. The van der Waals surface area contributed by atoms with Crippen LogP contribution in [0.25, 0.3) is 0 Å². The zero-order valence-electron chi connectivity index (χ0n) is 19.0. The van der Waals surface area contributed by atoms with Gasteiger partial charge in [-0.3, -0.25) is 9.59 Å². The van der Waals surface area contributed by atoms with Gasteiger partial charge < -0.3 is 25.0 Å². The third-order valence-electron chi connectivity index (χ3n) is 4.26. The van der Waals surface area contributed by atoms with Crippen LogP contribution in [0.15, 0.2) is 24.3 Å². The molecule has 1 aromatic carbocycles. The first-order chi connectivity index (χ1) is 14.9. The first-order valence-corrected chi connectivity index (χ1v) is 11.7. The van der Waals surface area contributed by atoms with Crippen molar-refractivity contribution in [3.05, 3.63) is 35.4 Å². The molecule has 0 heterocycles. The van der Waals surface area contributed by atoms with Gasteiger partial charge in [0.15, 0.2) is 6.29 Å². The Kier molecular flexibility index (Phi) is 13.7. The van der Waals surface area contributed by atoms with E-state index in [2.05, 4.69) is 21.5 Å². The molecule has 8 heteroatoms. The number of carbonyl (C=O) groups excluding carboxylic acids is 2. The molecule has 0 aliphatic carbocycles. The Morgan fingerprint density at radius 3 is 2.32 bits per heavy atom. The van der Waals surface area contributed by atoms with E-state index in [1.807, 2.05) is 27.9 Å². The zero-order valence-corrected chi connectivity index (χ0v) is 19.8. The molecule has 172 valence electrons. The van der Waals surface area contributed by atoms with Crippen molar-refractivity contribution in [1.29, 1.82) is 0 Å². The molecule has 0 aromatic heterocycles. The van der Waals surface area contributed by atoms with E-state index in [9.17, 15) is 9.59 Å². The van der Waals surface area contributed by atoms with Crippen molar-refractivity contribution >= 4 is 23.6 Å². The first-order valence-electron chi connectivity index (χ1n) is 10.5.